The lowest BCUT2D eigenvalue weighted by molar-refractivity contribution is 0.423. The number of hydrogen-bond donors (Lipinski definition) is 0. The van der Waals surface area contributed by atoms with Crippen LogP contribution in [0.2, 0.25) is 0 Å². The van der Waals surface area contributed by atoms with E-state index in [1.54, 1.807) is 10.5 Å². The Hall–Kier alpha value is -0.880. The molecule has 2 aliphatic rings. The Bertz CT molecular complexity index is 580. The predicted octanol–water partition coefficient (Wildman–Crippen LogP) is 2.87. The number of sulfonamides is 1. The summed E-state index contributed by atoms with van der Waals surface area (Å²) in [5, 5.41) is 4.49. The van der Waals surface area contributed by atoms with Crippen LogP contribution in [0.15, 0.2) is 11.1 Å². The highest BCUT2D eigenvalue weighted by Gasteiger charge is 2.30. The first-order chi connectivity index (χ1) is 10.1. The molecule has 1 saturated heterocycles. The molecule has 118 valence electrons. The minimum Gasteiger partial charge on any atom is -0.268 e. The summed E-state index contributed by atoms with van der Waals surface area (Å²) in [5.74, 6) is 0. The van der Waals surface area contributed by atoms with Crippen molar-refractivity contribution in [3.8, 4) is 0 Å². The molecule has 21 heavy (non-hydrogen) atoms. The molecule has 6 heteroatoms. The molecule has 0 bridgehead atoms. The van der Waals surface area contributed by atoms with Crippen LogP contribution < -0.4 is 0 Å². The van der Waals surface area contributed by atoms with Crippen molar-refractivity contribution in [2.75, 3.05) is 13.1 Å². The average molecular weight is 311 g/mol. The summed E-state index contributed by atoms with van der Waals surface area (Å²) in [6.07, 6.45) is 10.6. The molecule has 2 fully saturated rings. The first kappa shape index (κ1) is 15.0. The van der Waals surface area contributed by atoms with Gasteiger partial charge in [0.1, 0.15) is 4.90 Å². The zero-order valence-electron chi connectivity index (χ0n) is 12.8. The van der Waals surface area contributed by atoms with Gasteiger partial charge in [-0.05, 0) is 32.6 Å². The minimum atomic E-state index is -3.37. The molecule has 3 rings (SSSR count). The Morgan fingerprint density at radius 1 is 1.05 bits per heavy atom. The largest absolute Gasteiger partial charge is 0.268 e. The van der Waals surface area contributed by atoms with E-state index in [-0.39, 0.29) is 0 Å². The van der Waals surface area contributed by atoms with Crippen LogP contribution >= 0.6 is 0 Å². The fourth-order valence-electron chi connectivity index (χ4n) is 3.50. The van der Waals surface area contributed by atoms with Crippen molar-refractivity contribution < 1.29 is 8.42 Å². The van der Waals surface area contributed by atoms with Crippen LogP contribution in [-0.2, 0) is 10.0 Å². The van der Waals surface area contributed by atoms with E-state index in [9.17, 15) is 8.42 Å². The number of aryl methyl sites for hydroxylation is 1. The molecule has 0 spiro atoms. The molecule has 0 radical (unpaired) electrons. The van der Waals surface area contributed by atoms with Crippen molar-refractivity contribution in [1.29, 1.82) is 0 Å². The lowest BCUT2D eigenvalue weighted by atomic mass is 10.2. The van der Waals surface area contributed by atoms with E-state index in [0.717, 1.165) is 38.5 Å². The topological polar surface area (TPSA) is 55.2 Å². The second-order valence-corrected chi connectivity index (χ2v) is 8.22. The third kappa shape index (κ3) is 3.01. The predicted molar refractivity (Wildman–Crippen MR) is 81.7 cm³/mol. The fraction of sp³-hybridized carbons (Fsp3) is 0.800. The van der Waals surface area contributed by atoms with Gasteiger partial charge >= 0.3 is 0 Å². The van der Waals surface area contributed by atoms with Gasteiger partial charge in [0.05, 0.1) is 11.7 Å². The van der Waals surface area contributed by atoms with Gasteiger partial charge in [-0.3, -0.25) is 4.68 Å². The molecule has 1 aromatic rings. The molecule has 0 unspecified atom stereocenters. The SMILES string of the molecule is Cc1nn(C2CCCC2)cc1S(=O)(=O)N1CCCCCC1. The van der Waals surface area contributed by atoms with Crippen molar-refractivity contribution in [2.24, 2.45) is 0 Å². The Labute approximate surface area is 127 Å². The zero-order valence-corrected chi connectivity index (χ0v) is 13.6. The monoisotopic (exact) mass is 311 g/mol. The van der Waals surface area contributed by atoms with Gasteiger partial charge in [-0.2, -0.15) is 9.40 Å². The van der Waals surface area contributed by atoms with Crippen molar-refractivity contribution in [3.63, 3.8) is 0 Å². The lowest BCUT2D eigenvalue weighted by Crippen LogP contribution is -2.32. The number of hydrogen-bond acceptors (Lipinski definition) is 3. The Morgan fingerprint density at radius 3 is 2.29 bits per heavy atom. The molecule has 0 amide bonds. The molecular weight excluding hydrogens is 286 g/mol. The number of aromatic nitrogens is 2. The Morgan fingerprint density at radius 2 is 1.67 bits per heavy atom. The minimum absolute atomic E-state index is 0.386. The molecule has 1 saturated carbocycles. The zero-order chi connectivity index (χ0) is 14.9. The van der Waals surface area contributed by atoms with Crippen molar-refractivity contribution in [1.82, 2.24) is 14.1 Å². The van der Waals surface area contributed by atoms with Gasteiger partial charge in [0.25, 0.3) is 0 Å². The second-order valence-electron chi connectivity index (χ2n) is 6.32. The van der Waals surface area contributed by atoms with Crippen LogP contribution in [0.5, 0.6) is 0 Å². The van der Waals surface area contributed by atoms with Crippen molar-refractivity contribution >= 4 is 10.0 Å². The first-order valence-corrected chi connectivity index (χ1v) is 9.59. The highest BCUT2D eigenvalue weighted by atomic mass is 32.2. The molecule has 0 aromatic carbocycles. The molecule has 1 aliphatic heterocycles. The number of rotatable bonds is 3. The molecule has 5 nitrogen and oxygen atoms in total. The Balaban J connectivity index is 1.87. The quantitative estimate of drug-likeness (QED) is 0.862. The van der Waals surface area contributed by atoms with E-state index in [4.69, 9.17) is 0 Å². The summed E-state index contributed by atoms with van der Waals surface area (Å²) in [6, 6.07) is 0.386. The third-order valence-corrected chi connectivity index (χ3v) is 6.75. The Kier molecular flexibility index (Phi) is 4.36. The van der Waals surface area contributed by atoms with Gasteiger partial charge in [0.15, 0.2) is 0 Å². The molecule has 1 aliphatic carbocycles. The standard InChI is InChI=1S/C15H25N3O2S/c1-13-15(12-18(16-13)14-8-4-5-9-14)21(19,20)17-10-6-2-3-7-11-17/h12,14H,2-11H2,1H3. The van der Waals surface area contributed by atoms with Crippen LogP contribution in [0.25, 0.3) is 0 Å². The van der Waals surface area contributed by atoms with Crippen LogP contribution in [0.1, 0.15) is 63.1 Å². The van der Waals surface area contributed by atoms with E-state index in [2.05, 4.69) is 5.10 Å². The highest BCUT2D eigenvalue weighted by molar-refractivity contribution is 7.89. The van der Waals surface area contributed by atoms with Crippen LogP contribution in [0.4, 0.5) is 0 Å². The fourth-order valence-corrected chi connectivity index (χ4v) is 5.17. The second kappa shape index (κ2) is 6.08. The van der Waals surface area contributed by atoms with E-state index in [0.29, 0.717) is 29.7 Å². The van der Waals surface area contributed by atoms with E-state index in [1.807, 2.05) is 11.6 Å². The third-order valence-electron chi connectivity index (χ3n) is 4.75. The average Bonchev–Trinajstić information content (AvgIpc) is 3.01. The molecule has 0 N–H and O–H groups in total. The highest BCUT2D eigenvalue weighted by Crippen LogP contribution is 2.31. The molecular formula is C15H25N3O2S. The van der Waals surface area contributed by atoms with Gasteiger partial charge < -0.3 is 0 Å². The molecule has 1 aromatic heterocycles. The van der Waals surface area contributed by atoms with Gasteiger partial charge in [-0.1, -0.05) is 25.7 Å². The van der Waals surface area contributed by atoms with Gasteiger partial charge in [0, 0.05) is 19.3 Å². The van der Waals surface area contributed by atoms with Crippen LogP contribution in [0, 0.1) is 6.92 Å². The van der Waals surface area contributed by atoms with Crippen molar-refractivity contribution in [3.05, 3.63) is 11.9 Å². The molecule has 2 heterocycles. The summed E-state index contributed by atoms with van der Waals surface area (Å²) >= 11 is 0. The van der Waals surface area contributed by atoms with E-state index < -0.39 is 10.0 Å². The summed E-state index contributed by atoms with van der Waals surface area (Å²) in [7, 11) is -3.37. The van der Waals surface area contributed by atoms with Gasteiger partial charge in [0.2, 0.25) is 10.0 Å². The van der Waals surface area contributed by atoms with Crippen molar-refractivity contribution in [2.45, 2.75) is 69.2 Å². The van der Waals surface area contributed by atoms with Crippen LogP contribution in [-0.4, -0.2) is 35.6 Å². The normalized spacial score (nSPS) is 22.5. The van der Waals surface area contributed by atoms with E-state index >= 15 is 0 Å². The van der Waals surface area contributed by atoms with Crippen LogP contribution in [0.3, 0.4) is 0 Å². The smallest absolute Gasteiger partial charge is 0.246 e. The van der Waals surface area contributed by atoms with E-state index in [1.165, 1.54) is 12.8 Å². The van der Waals surface area contributed by atoms with Gasteiger partial charge in [-0.15, -0.1) is 0 Å². The number of nitrogens with zero attached hydrogens (tertiary/aromatic N) is 3. The summed E-state index contributed by atoms with van der Waals surface area (Å²) in [5.41, 5.74) is 0.645. The first-order valence-electron chi connectivity index (χ1n) is 8.15. The maximum Gasteiger partial charge on any atom is 0.246 e. The maximum atomic E-state index is 12.9. The van der Waals surface area contributed by atoms with Gasteiger partial charge in [-0.25, -0.2) is 8.42 Å². The molecule has 0 atom stereocenters. The summed E-state index contributed by atoms with van der Waals surface area (Å²) in [4.78, 5) is 0.413. The summed E-state index contributed by atoms with van der Waals surface area (Å²) in [6.45, 7) is 3.11. The maximum absolute atomic E-state index is 12.9. The summed E-state index contributed by atoms with van der Waals surface area (Å²) < 4.78 is 29.3. The lowest BCUT2D eigenvalue weighted by Gasteiger charge is -2.19.